The molecule has 10 nitrogen and oxygen atoms in total. The van der Waals surface area contributed by atoms with E-state index in [1.165, 1.54) is 28.8 Å². The van der Waals surface area contributed by atoms with Crippen molar-refractivity contribution in [1.82, 2.24) is 14.9 Å². The molecule has 0 radical (unpaired) electrons. The summed E-state index contributed by atoms with van der Waals surface area (Å²) < 4.78 is 17.1. The summed E-state index contributed by atoms with van der Waals surface area (Å²) in [5, 5.41) is 25.5. The number of carbonyl (C=O) groups is 2. The molecule has 13 heteroatoms. The number of carboxylic acids is 1. The molecule has 1 aromatic heterocycles. The second-order valence-corrected chi connectivity index (χ2v) is 12.0. The number of halogens is 3. The lowest BCUT2D eigenvalue weighted by molar-refractivity contribution is -0.396. The maximum atomic E-state index is 15.8. The zero-order valence-electron chi connectivity index (χ0n) is 23.0. The van der Waals surface area contributed by atoms with Crippen LogP contribution in [0.1, 0.15) is 61.8 Å². The van der Waals surface area contributed by atoms with Crippen molar-refractivity contribution < 1.29 is 24.0 Å². The fourth-order valence-electron chi connectivity index (χ4n) is 7.15. The lowest BCUT2D eigenvalue weighted by Crippen LogP contribution is -2.56. The molecule has 222 valence electrons. The Hall–Kier alpha value is -3.54. The summed E-state index contributed by atoms with van der Waals surface area (Å²) in [6.07, 6.45) is 5.81. The van der Waals surface area contributed by atoms with Gasteiger partial charge in [-0.3, -0.25) is 14.9 Å². The van der Waals surface area contributed by atoms with Gasteiger partial charge < -0.3 is 20.1 Å². The number of aromatic nitrogens is 2. The summed E-state index contributed by atoms with van der Waals surface area (Å²) >= 11 is 12.7. The normalized spacial score (nSPS) is 23.2. The maximum Gasteiger partial charge on any atom is 0.434 e. The zero-order chi connectivity index (χ0) is 30.4. The second kappa shape index (κ2) is 11.3. The van der Waals surface area contributed by atoms with Crippen molar-refractivity contribution in [1.29, 1.82) is 0 Å². The van der Waals surface area contributed by atoms with Crippen LogP contribution in [0.5, 0.6) is 0 Å². The van der Waals surface area contributed by atoms with Crippen molar-refractivity contribution >= 4 is 47.2 Å². The molecule has 1 spiro atoms. The third kappa shape index (κ3) is 4.73. The number of anilines is 1. The molecule has 42 heavy (non-hydrogen) atoms. The van der Waals surface area contributed by atoms with Crippen molar-refractivity contribution in [3.8, 4) is 0 Å². The number of amides is 1. The minimum atomic E-state index is -1.16. The number of nitrogens with zero attached hydrogens (tertiary/aromatic N) is 4. The highest BCUT2D eigenvalue weighted by Gasteiger charge is 2.65. The van der Waals surface area contributed by atoms with Gasteiger partial charge in [0.05, 0.1) is 18.6 Å². The van der Waals surface area contributed by atoms with E-state index in [4.69, 9.17) is 23.2 Å². The van der Waals surface area contributed by atoms with Gasteiger partial charge >= 0.3 is 11.9 Å². The van der Waals surface area contributed by atoms with Crippen LogP contribution in [0.2, 0.25) is 10.0 Å². The highest BCUT2D eigenvalue weighted by molar-refractivity contribution is 6.31. The van der Waals surface area contributed by atoms with E-state index in [1.807, 2.05) is 6.92 Å². The number of hydrogen-bond donors (Lipinski definition) is 2. The van der Waals surface area contributed by atoms with Crippen LogP contribution in [0.15, 0.2) is 42.6 Å². The molecule has 5 rings (SSSR count). The van der Waals surface area contributed by atoms with Crippen LogP contribution in [0.4, 0.5) is 16.0 Å². The molecule has 2 heterocycles. The van der Waals surface area contributed by atoms with Crippen molar-refractivity contribution in [2.75, 3.05) is 4.90 Å². The van der Waals surface area contributed by atoms with Crippen molar-refractivity contribution in [3.05, 3.63) is 85.4 Å². The van der Waals surface area contributed by atoms with Crippen molar-refractivity contribution in [3.63, 3.8) is 0 Å². The first-order valence-electron chi connectivity index (χ1n) is 13.6. The molecule has 2 aliphatic rings. The van der Waals surface area contributed by atoms with E-state index in [1.54, 1.807) is 30.3 Å². The van der Waals surface area contributed by atoms with E-state index >= 15 is 4.39 Å². The molecular formula is C29H30Cl2FN5O5. The lowest BCUT2D eigenvalue weighted by atomic mass is 9.56. The predicted octanol–water partition coefficient (Wildman–Crippen LogP) is 5.74. The number of aliphatic carboxylic acids is 1. The first kappa shape index (κ1) is 29.9. The Morgan fingerprint density at radius 1 is 1.29 bits per heavy atom. The number of carboxylic acid groups (broad SMARTS) is 1. The van der Waals surface area contributed by atoms with E-state index in [2.05, 4.69) is 10.3 Å². The van der Waals surface area contributed by atoms with Crippen LogP contribution in [0.3, 0.4) is 0 Å². The van der Waals surface area contributed by atoms with Crippen molar-refractivity contribution in [2.24, 2.45) is 7.05 Å². The summed E-state index contributed by atoms with van der Waals surface area (Å²) in [5.41, 5.74) is -0.305. The Labute approximate surface area is 251 Å². The molecule has 1 saturated heterocycles. The highest BCUT2D eigenvalue weighted by Crippen LogP contribution is 2.60. The number of carbonyl (C=O) groups excluding carboxylic acids is 1. The number of nitrogens with one attached hydrogen (secondary N) is 1. The Balaban J connectivity index is 1.75. The van der Waals surface area contributed by atoms with Gasteiger partial charge in [0.15, 0.2) is 0 Å². The molecular weight excluding hydrogens is 588 g/mol. The Morgan fingerprint density at radius 2 is 2.00 bits per heavy atom. The van der Waals surface area contributed by atoms with Gasteiger partial charge in [0.25, 0.3) is 0 Å². The molecule has 1 aliphatic carbocycles. The van der Waals surface area contributed by atoms with E-state index < -0.39 is 39.6 Å². The Kier molecular flexibility index (Phi) is 8.04. The summed E-state index contributed by atoms with van der Waals surface area (Å²) in [4.78, 5) is 41.5. The number of nitro groups is 1. The van der Waals surface area contributed by atoms with Gasteiger partial charge in [-0.05, 0) is 47.1 Å². The average molecular weight is 618 g/mol. The van der Waals surface area contributed by atoms with Crippen molar-refractivity contribution in [2.45, 2.75) is 68.5 Å². The lowest BCUT2D eigenvalue weighted by Gasteiger charge is -2.50. The Bertz CT molecular complexity index is 1560. The third-order valence-corrected chi connectivity index (χ3v) is 9.71. The molecule has 3 atom stereocenters. The monoisotopic (exact) mass is 617 g/mol. The summed E-state index contributed by atoms with van der Waals surface area (Å²) in [6, 6.07) is 8.46. The molecule has 2 fully saturated rings. The van der Waals surface area contributed by atoms with Gasteiger partial charge in [0.2, 0.25) is 6.41 Å². The zero-order valence-corrected chi connectivity index (χ0v) is 24.5. The molecule has 2 aromatic carbocycles. The van der Waals surface area contributed by atoms with E-state index in [9.17, 15) is 24.8 Å². The molecule has 0 unspecified atom stereocenters. The van der Waals surface area contributed by atoms with Gasteiger partial charge in [-0.1, -0.05) is 72.6 Å². The third-order valence-electron chi connectivity index (χ3n) is 9.18. The van der Waals surface area contributed by atoms with Gasteiger partial charge in [-0.25, -0.2) is 8.96 Å². The first-order chi connectivity index (χ1) is 19.9. The van der Waals surface area contributed by atoms with Crippen LogP contribution < -0.4 is 10.2 Å². The first-order valence-corrected chi connectivity index (χ1v) is 14.3. The van der Waals surface area contributed by atoms with Crippen LogP contribution in [0.25, 0.3) is 0 Å². The van der Waals surface area contributed by atoms with Gasteiger partial charge in [0, 0.05) is 27.6 Å². The van der Waals surface area contributed by atoms with Crippen LogP contribution in [0, 0.1) is 15.9 Å². The van der Waals surface area contributed by atoms with Gasteiger partial charge in [-0.2, -0.15) is 0 Å². The van der Waals surface area contributed by atoms with Crippen LogP contribution in [-0.2, 0) is 28.6 Å². The minimum absolute atomic E-state index is 0.0801. The summed E-state index contributed by atoms with van der Waals surface area (Å²) in [6.45, 7) is 1.84. The molecule has 1 amide bonds. The molecule has 2 N–H and O–H groups in total. The minimum Gasteiger partial charge on any atom is -0.480 e. The number of rotatable bonds is 8. The van der Waals surface area contributed by atoms with Gasteiger partial charge in [-0.15, -0.1) is 0 Å². The smallest absolute Gasteiger partial charge is 0.434 e. The largest absolute Gasteiger partial charge is 0.480 e. The molecule has 1 saturated carbocycles. The van der Waals surface area contributed by atoms with Gasteiger partial charge in [0.1, 0.15) is 23.7 Å². The summed E-state index contributed by atoms with van der Waals surface area (Å²) in [5.74, 6) is -3.12. The average Bonchev–Trinajstić information content (AvgIpc) is 3.44. The number of hydrogen-bond acceptors (Lipinski definition) is 6. The maximum absolute atomic E-state index is 15.8. The Morgan fingerprint density at radius 3 is 2.62 bits per heavy atom. The van der Waals surface area contributed by atoms with E-state index in [0.717, 1.165) is 19.3 Å². The molecule has 0 bridgehead atoms. The number of imidazole rings is 1. The standard InChI is InChI=1S/C29H30Cl2FN5O5/c1-28(20-10-9-17(30)13-22(20)36(16-38)15-18-14-33-27(35(18)2)37(41)42)23(19-7-6-8-21(31)24(19)32)25(26(39)40)34-29(28)11-4-3-5-12-29/h6-10,13-14,16,23,25,34H,3-5,11-12,15H2,1-2H3,(H,39,40)/t23-,25+,28+/m0/s1. The number of benzene rings is 2. The quantitative estimate of drug-likeness (QED) is 0.187. The summed E-state index contributed by atoms with van der Waals surface area (Å²) in [7, 11) is 1.48. The second-order valence-electron chi connectivity index (χ2n) is 11.2. The predicted molar refractivity (Wildman–Crippen MR) is 155 cm³/mol. The fourth-order valence-corrected chi connectivity index (χ4v) is 7.50. The van der Waals surface area contributed by atoms with Crippen LogP contribution >= 0.6 is 23.2 Å². The SMILES string of the molecule is Cn1c(CN(C=O)c2cc(Cl)ccc2[C@]2(C)[C@@H](c3cccc(Cl)c3F)[C@H](C(=O)O)NC23CCCCC3)cnc1[N+](=O)[O-]. The molecule has 1 aliphatic heterocycles. The highest BCUT2D eigenvalue weighted by atomic mass is 35.5. The molecule has 3 aromatic rings. The fraction of sp³-hybridized carbons (Fsp3) is 0.414. The van der Waals surface area contributed by atoms with E-state index in [-0.39, 0.29) is 23.1 Å². The topological polar surface area (TPSA) is 131 Å². The van der Waals surface area contributed by atoms with Crippen LogP contribution in [-0.4, -0.2) is 43.5 Å². The van der Waals surface area contributed by atoms with E-state index in [0.29, 0.717) is 41.2 Å².